The third-order valence-electron chi connectivity index (χ3n) is 10.1. The Labute approximate surface area is 294 Å². The second kappa shape index (κ2) is 15.7. The molecule has 4 aromatic rings. The molecule has 46 heavy (non-hydrogen) atoms. The van der Waals surface area contributed by atoms with Crippen LogP contribution < -0.4 is 4.40 Å². The minimum absolute atomic E-state index is 0. The second-order valence-electron chi connectivity index (χ2n) is 14.4. The van der Waals surface area contributed by atoms with E-state index in [4.69, 9.17) is 4.98 Å². The molecule has 0 saturated heterocycles. The van der Waals surface area contributed by atoms with Gasteiger partial charge in [-0.1, -0.05) is 41.5 Å². The maximum absolute atomic E-state index is 12.2. The fourth-order valence-electron chi connectivity index (χ4n) is 6.46. The molecule has 0 aliphatic carbocycles. The Morgan fingerprint density at radius 3 is 2.00 bits per heavy atom. The number of rotatable bonds is 9. The zero-order chi connectivity index (χ0) is 33.9. The van der Waals surface area contributed by atoms with Crippen LogP contribution in [0.25, 0.3) is 32.9 Å². The first-order valence-corrected chi connectivity index (χ1v) is 23.9. The minimum Gasteiger partial charge on any atom is 0 e. The number of nitrogens with zero attached hydrogens (tertiary/aromatic N) is 2. The number of hydrogen-bond acceptors (Lipinski definition) is 4. The van der Waals surface area contributed by atoms with Crippen molar-refractivity contribution >= 4 is 45.1 Å². The maximum Gasteiger partial charge on any atom is 0 e. The van der Waals surface area contributed by atoms with Gasteiger partial charge < -0.3 is 5.11 Å². The average Bonchev–Trinajstić information content (AvgIpc) is 2.98. The van der Waals surface area contributed by atoms with E-state index in [1.165, 1.54) is 33.5 Å². The zero-order valence-corrected chi connectivity index (χ0v) is 34.9. The van der Waals surface area contributed by atoms with Gasteiger partial charge in [0, 0.05) is 37.0 Å². The number of aliphatic hydroxyl groups is 1. The van der Waals surface area contributed by atoms with Crippen molar-refractivity contribution in [3.63, 3.8) is 0 Å². The van der Waals surface area contributed by atoms with Crippen molar-refractivity contribution in [1.82, 2.24) is 9.97 Å². The Balaban J connectivity index is 0.000000356. The second-order valence-corrected chi connectivity index (χ2v) is 24.9. The quantitative estimate of drug-likeness (QED) is 0.0599. The third-order valence-corrected chi connectivity index (χ3v) is 14.9. The van der Waals surface area contributed by atoms with Crippen LogP contribution in [0.5, 0.6) is 0 Å². The first-order chi connectivity index (χ1) is 21.0. The normalized spacial score (nSPS) is 12.5. The van der Waals surface area contributed by atoms with Crippen LogP contribution in [-0.4, -0.2) is 34.1 Å². The van der Waals surface area contributed by atoms with E-state index in [0.29, 0.717) is 0 Å². The first-order valence-electron chi connectivity index (χ1n) is 16.6. The summed E-state index contributed by atoms with van der Waals surface area (Å²) in [5.41, 5.74) is 7.66. The summed E-state index contributed by atoms with van der Waals surface area (Å²) in [5, 5.41) is 13.8. The zero-order valence-electron chi connectivity index (χ0n) is 30.5. The molecule has 0 aliphatic rings. The Morgan fingerprint density at radius 2 is 1.48 bits per heavy atom. The number of ketones is 1. The summed E-state index contributed by atoms with van der Waals surface area (Å²) >= 11 is -2.01. The molecule has 0 unspecified atom stereocenters. The molecule has 3 aromatic carbocycles. The van der Waals surface area contributed by atoms with Crippen LogP contribution in [0.3, 0.4) is 0 Å². The molecule has 0 amide bonds. The van der Waals surface area contributed by atoms with Gasteiger partial charge in [0.25, 0.3) is 0 Å². The fraction of sp³-hybridized carbons (Fsp3) is 0.475. The van der Waals surface area contributed by atoms with Crippen LogP contribution in [0, 0.1) is 44.6 Å². The van der Waals surface area contributed by atoms with Crippen molar-refractivity contribution < 1.29 is 30.0 Å². The summed E-state index contributed by atoms with van der Waals surface area (Å²) in [7, 11) is 0. The summed E-state index contributed by atoms with van der Waals surface area (Å²) in [6, 6.07) is 14.5. The molecule has 1 heterocycles. The van der Waals surface area contributed by atoms with Gasteiger partial charge in [-0.25, -0.2) is 0 Å². The molecule has 4 rings (SSSR count). The monoisotopic (exact) mass is 862 g/mol. The molecule has 251 valence electrons. The minimum atomic E-state index is -2.01. The molecule has 4 nitrogen and oxygen atoms in total. The molecular weight excluding hydrogens is 805 g/mol. The SMILES string of the molecule is CCC(C)(CC)C(=O)/C=C(\O)C(C)(CC)CC.Cc1[c-]c(-c2ncnc3c2ccc2cc(C)[c]([Ge]([CH3])([CH3])[CH3])c(C)c23)cc(C)c1.[Ir]. The topological polar surface area (TPSA) is 63.1 Å². The number of aliphatic hydroxyl groups excluding tert-OH is 1. The number of aryl methyl sites for hydroxylation is 4. The Hall–Kier alpha value is -2.34. The van der Waals surface area contributed by atoms with Crippen LogP contribution in [0.2, 0.25) is 17.3 Å². The van der Waals surface area contributed by atoms with Crippen LogP contribution in [0.1, 0.15) is 89.5 Å². The number of carbonyl (C=O) groups is 1. The van der Waals surface area contributed by atoms with Gasteiger partial charge in [0.05, 0.1) is 0 Å². The number of fused-ring (bicyclic) bond motifs is 3. The number of aromatic nitrogens is 2. The van der Waals surface area contributed by atoms with Crippen molar-refractivity contribution in [1.29, 1.82) is 0 Å². The summed E-state index contributed by atoms with van der Waals surface area (Å²) in [6.07, 6.45) is 6.46. The van der Waals surface area contributed by atoms with E-state index >= 15 is 0 Å². The summed E-state index contributed by atoms with van der Waals surface area (Å²) in [4.78, 5) is 21.6. The van der Waals surface area contributed by atoms with E-state index in [9.17, 15) is 9.90 Å². The van der Waals surface area contributed by atoms with Gasteiger partial charge in [-0.05, 0) is 25.7 Å². The van der Waals surface area contributed by atoms with Gasteiger partial charge in [0.2, 0.25) is 0 Å². The van der Waals surface area contributed by atoms with E-state index < -0.39 is 13.3 Å². The average molecular weight is 861 g/mol. The van der Waals surface area contributed by atoms with Crippen LogP contribution in [0.15, 0.2) is 48.5 Å². The molecule has 0 bridgehead atoms. The summed E-state index contributed by atoms with van der Waals surface area (Å²) < 4.78 is 1.60. The maximum atomic E-state index is 12.2. The van der Waals surface area contributed by atoms with Gasteiger partial charge >= 0.3 is 171 Å². The number of allylic oxidation sites excluding steroid dienone is 2. The Kier molecular flexibility index (Phi) is 13.6. The number of hydrogen-bond donors (Lipinski definition) is 1. The van der Waals surface area contributed by atoms with Gasteiger partial charge in [0.1, 0.15) is 5.76 Å². The predicted molar refractivity (Wildman–Crippen MR) is 196 cm³/mol. The van der Waals surface area contributed by atoms with Gasteiger partial charge in [0.15, 0.2) is 5.78 Å². The van der Waals surface area contributed by atoms with Crippen LogP contribution >= 0.6 is 0 Å². The molecule has 0 aliphatic heterocycles. The fourth-order valence-corrected chi connectivity index (χ4v) is 11.7. The van der Waals surface area contributed by atoms with E-state index in [0.717, 1.165) is 53.4 Å². The van der Waals surface area contributed by atoms with E-state index in [1.807, 2.05) is 41.5 Å². The molecule has 6 heteroatoms. The summed E-state index contributed by atoms with van der Waals surface area (Å²) in [6.45, 7) is 20.8. The molecule has 1 aromatic heterocycles. The molecule has 1 radical (unpaired) electrons. The molecule has 0 atom stereocenters. The van der Waals surface area contributed by atoms with Gasteiger partial charge in [-0.3, -0.25) is 4.79 Å². The van der Waals surface area contributed by atoms with Crippen molar-refractivity contribution in [2.24, 2.45) is 10.8 Å². The molecular formula is C40H55GeIrN2O2-. The van der Waals surface area contributed by atoms with Crippen molar-refractivity contribution in [3.05, 3.63) is 76.8 Å². The van der Waals surface area contributed by atoms with Crippen LogP contribution in [-0.2, 0) is 24.9 Å². The Bertz CT molecular complexity index is 1710. The van der Waals surface area contributed by atoms with Gasteiger partial charge in [-0.15, -0.1) is 0 Å². The standard InChI is InChI=1S/C25H27GeN2.C15H28O2.Ir/c1-15-10-16(2)12-20(11-15)24-21-9-8-19-13-17(3)23(26(5,6)7)18(4)22(19)25(21)28-14-27-24;1-7-14(5,8-2)12(16)11-13(17)15(6,9-3)10-4;/h8-11,13-14H,1-7H3;11,16H,7-10H2,1-6H3;/q-1;;/b;12-11-;. The van der Waals surface area contributed by atoms with E-state index in [1.54, 1.807) is 10.7 Å². The van der Waals surface area contributed by atoms with Crippen LogP contribution in [0.4, 0.5) is 0 Å². The largest absolute Gasteiger partial charge is 0 e. The first kappa shape index (κ1) is 39.8. The summed E-state index contributed by atoms with van der Waals surface area (Å²) in [5.74, 6) is 7.69. The van der Waals surface area contributed by atoms with Crippen molar-refractivity contribution in [3.8, 4) is 11.3 Å². The third kappa shape index (κ3) is 8.38. The Morgan fingerprint density at radius 1 is 0.891 bits per heavy atom. The molecule has 0 fully saturated rings. The molecule has 0 spiro atoms. The number of carbonyl (C=O) groups excluding carboxylic acids is 1. The van der Waals surface area contributed by atoms with Crippen molar-refractivity contribution in [2.45, 2.75) is 112 Å². The van der Waals surface area contributed by atoms with Crippen molar-refractivity contribution in [2.75, 3.05) is 0 Å². The van der Waals surface area contributed by atoms with E-state index in [2.05, 4.69) is 86.3 Å². The number of benzene rings is 3. The smallest absolute Gasteiger partial charge is 0 e. The van der Waals surface area contributed by atoms with E-state index in [-0.39, 0.29) is 42.5 Å². The molecule has 1 N–H and O–H groups in total. The van der Waals surface area contributed by atoms with Gasteiger partial charge in [-0.2, -0.15) is 0 Å². The predicted octanol–water partition coefficient (Wildman–Crippen LogP) is 10.7. The molecule has 0 saturated carbocycles.